The number of carboxylic acid groups (broad SMARTS) is 1. The van der Waals surface area contributed by atoms with Crippen molar-refractivity contribution in [1.29, 1.82) is 0 Å². The van der Waals surface area contributed by atoms with Gasteiger partial charge in [-0.2, -0.15) is 0 Å². The maximum Gasteiger partial charge on any atom is 0.407 e. The van der Waals surface area contributed by atoms with E-state index in [1.54, 1.807) is 13.8 Å². The van der Waals surface area contributed by atoms with Gasteiger partial charge < -0.3 is 20.5 Å². The summed E-state index contributed by atoms with van der Waals surface area (Å²) in [6.45, 7) is 3.71. The number of carboxylic acids is 1. The molecule has 2 amide bonds. The molecule has 1 aliphatic rings. The van der Waals surface area contributed by atoms with Crippen LogP contribution in [0.15, 0.2) is 48.5 Å². The molecule has 0 fully saturated rings. The van der Waals surface area contributed by atoms with Crippen molar-refractivity contribution in [2.75, 3.05) is 6.61 Å². The minimum atomic E-state index is -0.990. The van der Waals surface area contributed by atoms with E-state index >= 15 is 0 Å². The van der Waals surface area contributed by atoms with Crippen LogP contribution in [0.2, 0.25) is 0 Å². The first kappa shape index (κ1) is 23.4. The summed E-state index contributed by atoms with van der Waals surface area (Å²) in [6, 6.07) is 15.7. The van der Waals surface area contributed by atoms with E-state index in [-0.39, 0.29) is 31.2 Å². The lowest BCUT2D eigenvalue weighted by Gasteiger charge is -2.14. The number of nitrogens with zero attached hydrogens (tertiary/aromatic N) is 1. The minimum Gasteiger partial charge on any atom is -0.481 e. The lowest BCUT2D eigenvalue weighted by Crippen LogP contribution is -2.34. The molecule has 9 heteroatoms. The predicted molar refractivity (Wildman–Crippen MR) is 128 cm³/mol. The summed E-state index contributed by atoms with van der Waals surface area (Å²) in [7, 11) is 0. The summed E-state index contributed by atoms with van der Waals surface area (Å²) in [5.74, 6) is -1.45. The van der Waals surface area contributed by atoms with E-state index < -0.39 is 24.0 Å². The lowest BCUT2D eigenvalue weighted by molar-refractivity contribution is -0.137. The second kappa shape index (κ2) is 10.0. The second-order valence-electron chi connectivity index (χ2n) is 8.16. The van der Waals surface area contributed by atoms with Crippen LogP contribution in [0.25, 0.3) is 11.1 Å². The molecule has 0 bridgehead atoms. The van der Waals surface area contributed by atoms with E-state index in [4.69, 9.17) is 9.84 Å². The SMILES string of the molecule is Cc1sc(CNC(=O)OCC2c3ccccc3-c3ccccc32)nc1C(=O)N[C@H](C)CC(=O)O. The Morgan fingerprint density at radius 3 is 2.32 bits per heavy atom. The smallest absolute Gasteiger partial charge is 0.407 e. The van der Waals surface area contributed by atoms with Gasteiger partial charge in [-0.3, -0.25) is 9.59 Å². The molecule has 0 saturated heterocycles. The molecule has 34 heavy (non-hydrogen) atoms. The fourth-order valence-electron chi connectivity index (χ4n) is 4.14. The van der Waals surface area contributed by atoms with Crippen molar-refractivity contribution in [3.05, 3.63) is 75.2 Å². The van der Waals surface area contributed by atoms with Gasteiger partial charge in [0.1, 0.15) is 17.3 Å². The number of amides is 2. The first-order valence-electron chi connectivity index (χ1n) is 10.9. The largest absolute Gasteiger partial charge is 0.481 e. The summed E-state index contributed by atoms with van der Waals surface area (Å²) in [5, 5.41) is 14.7. The third kappa shape index (κ3) is 5.09. The van der Waals surface area contributed by atoms with Gasteiger partial charge in [0.15, 0.2) is 0 Å². The van der Waals surface area contributed by atoms with E-state index in [2.05, 4.69) is 39.9 Å². The Morgan fingerprint density at radius 1 is 1.09 bits per heavy atom. The maximum atomic E-state index is 12.4. The Kier molecular flexibility index (Phi) is 6.93. The number of benzene rings is 2. The molecular formula is C25H25N3O5S. The van der Waals surface area contributed by atoms with Crippen LogP contribution in [-0.4, -0.2) is 40.7 Å². The zero-order chi connectivity index (χ0) is 24.2. The standard InChI is InChI=1S/C25H25N3O5S/c1-14(11-22(29)30)27-24(31)23-15(2)34-21(28-23)12-26-25(32)33-13-20-18-9-5-3-7-16(18)17-8-4-6-10-19(17)20/h3-10,14,20H,11-13H2,1-2H3,(H,26,32)(H,27,31)(H,29,30)/t14-/m1/s1. The number of aromatic nitrogens is 1. The molecule has 176 valence electrons. The van der Waals surface area contributed by atoms with Crippen LogP contribution >= 0.6 is 11.3 Å². The number of ether oxygens (including phenoxy) is 1. The molecule has 1 heterocycles. The van der Waals surface area contributed by atoms with E-state index in [1.807, 2.05) is 24.3 Å². The summed E-state index contributed by atoms with van der Waals surface area (Å²) in [6.07, 6.45) is -0.735. The summed E-state index contributed by atoms with van der Waals surface area (Å²) in [4.78, 5) is 40.5. The molecule has 8 nitrogen and oxygen atoms in total. The molecule has 1 aliphatic carbocycles. The number of hydrogen-bond acceptors (Lipinski definition) is 6. The number of hydrogen-bond donors (Lipinski definition) is 3. The topological polar surface area (TPSA) is 118 Å². The van der Waals surface area contributed by atoms with Gasteiger partial charge in [0.05, 0.1) is 13.0 Å². The molecule has 1 aromatic heterocycles. The van der Waals surface area contributed by atoms with Gasteiger partial charge in [-0.25, -0.2) is 9.78 Å². The highest BCUT2D eigenvalue weighted by atomic mass is 32.1. The Hall–Kier alpha value is -3.72. The van der Waals surface area contributed by atoms with E-state index in [1.165, 1.54) is 11.3 Å². The van der Waals surface area contributed by atoms with Crippen LogP contribution in [0.4, 0.5) is 4.79 Å². The number of carbonyl (C=O) groups is 3. The molecule has 0 saturated carbocycles. The second-order valence-corrected chi connectivity index (χ2v) is 9.45. The number of nitrogens with one attached hydrogen (secondary N) is 2. The number of thiazole rings is 1. The number of carbonyl (C=O) groups excluding carboxylic acids is 2. The first-order valence-corrected chi connectivity index (χ1v) is 11.7. The monoisotopic (exact) mass is 479 g/mol. The molecule has 3 N–H and O–H groups in total. The van der Waals surface area contributed by atoms with Crippen LogP contribution in [-0.2, 0) is 16.1 Å². The van der Waals surface area contributed by atoms with Crippen molar-refractivity contribution in [1.82, 2.24) is 15.6 Å². The molecule has 0 aliphatic heterocycles. The minimum absolute atomic E-state index is 0.0247. The van der Waals surface area contributed by atoms with Gasteiger partial charge in [-0.1, -0.05) is 48.5 Å². The summed E-state index contributed by atoms with van der Waals surface area (Å²) >= 11 is 1.29. The van der Waals surface area contributed by atoms with E-state index in [0.29, 0.717) is 9.88 Å². The number of fused-ring (bicyclic) bond motifs is 3. The first-order chi connectivity index (χ1) is 16.3. The Bertz CT molecular complexity index is 1190. The van der Waals surface area contributed by atoms with Crippen molar-refractivity contribution in [3.63, 3.8) is 0 Å². The van der Waals surface area contributed by atoms with Crippen molar-refractivity contribution >= 4 is 29.3 Å². The normalized spacial score (nSPS) is 13.0. The Labute approximate surface area is 201 Å². The summed E-state index contributed by atoms with van der Waals surface area (Å²) < 4.78 is 5.53. The Balaban J connectivity index is 1.33. The van der Waals surface area contributed by atoms with Crippen LogP contribution < -0.4 is 10.6 Å². The molecule has 0 radical (unpaired) electrons. The van der Waals surface area contributed by atoms with Gasteiger partial charge >= 0.3 is 12.1 Å². The van der Waals surface area contributed by atoms with E-state index in [9.17, 15) is 14.4 Å². The molecule has 4 rings (SSSR count). The van der Waals surface area contributed by atoms with Crippen molar-refractivity contribution in [2.45, 2.75) is 38.8 Å². The third-order valence-electron chi connectivity index (χ3n) is 5.64. The van der Waals surface area contributed by atoms with Crippen molar-refractivity contribution < 1.29 is 24.2 Å². The fourth-order valence-corrected chi connectivity index (χ4v) is 5.01. The van der Waals surface area contributed by atoms with Crippen LogP contribution in [0.5, 0.6) is 0 Å². The van der Waals surface area contributed by atoms with Gasteiger partial charge in [0.2, 0.25) is 0 Å². The van der Waals surface area contributed by atoms with Gasteiger partial charge in [0, 0.05) is 16.8 Å². The van der Waals surface area contributed by atoms with E-state index in [0.717, 1.165) is 22.3 Å². The molecule has 3 aromatic rings. The molecule has 0 unspecified atom stereocenters. The van der Waals surface area contributed by atoms with Gasteiger partial charge in [-0.05, 0) is 36.1 Å². The predicted octanol–water partition coefficient (Wildman–Crippen LogP) is 4.08. The van der Waals surface area contributed by atoms with Crippen LogP contribution in [0.1, 0.15) is 50.8 Å². The average molecular weight is 480 g/mol. The summed E-state index contributed by atoms with van der Waals surface area (Å²) in [5.41, 5.74) is 4.83. The van der Waals surface area contributed by atoms with Crippen LogP contribution in [0, 0.1) is 6.92 Å². The van der Waals surface area contributed by atoms with Crippen LogP contribution in [0.3, 0.4) is 0 Å². The van der Waals surface area contributed by atoms with Gasteiger partial charge in [0.25, 0.3) is 5.91 Å². The quantitative estimate of drug-likeness (QED) is 0.448. The molecular weight excluding hydrogens is 454 g/mol. The Morgan fingerprint density at radius 2 is 1.71 bits per heavy atom. The van der Waals surface area contributed by atoms with Crippen molar-refractivity contribution in [2.24, 2.45) is 0 Å². The zero-order valence-corrected chi connectivity index (χ0v) is 19.6. The zero-order valence-electron chi connectivity index (χ0n) is 18.8. The molecule has 1 atom stereocenters. The number of aryl methyl sites for hydroxylation is 1. The van der Waals surface area contributed by atoms with Gasteiger partial charge in [-0.15, -0.1) is 11.3 Å². The highest BCUT2D eigenvalue weighted by molar-refractivity contribution is 7.11. The lowest BCUT2D eigenvalue weighted by atomic mass is 9.98. The number of alkyl carbamates (subject to hydrolysis) is 1. The number of rotatable bonds is 8. The third-order valence-corrected chi connectivity index (χ3v) is 6.61. The fraction of sp³-hybridized carbons (Fsp3) is 0.280. The average Bonchev–Trinajstić information content (AvgIpc) is 3.33. The molecule has 2 aromatic carbocycles. The van der Waals surface area contributed by atoms with Crippen molar-refractivity contribution in [3.8, 4) is 11.1 Å². The highest BCUT2D eigenvalue weighted by Crippen LogP contribution is 2.44. The number of aliphatic carboxylic acids is 1. The molecule has 0 spiro atoms. The highest BCUT2D eigenvalue weighted by Gasteiger charge is 2.29. The maximum absolute atomic E-state index is 12.4.